The molecule has 2 aromatic rings. The Morgan fingerprint density at radius 3 is 2.52 bits per heavy atom. The van der Waals surface area contributed by atoms with Crippen LogP contribution < -0.4 is 10.3 Å². The van der Waals surface area contributed by atoms with Gasteiger partial charge in [0.25, 0.3) is 5.91 Å². The molecule has 1 aliphatic heterocycles. The fraction of sp³-hybridized carbons (Fsp3) is 0.263. The zero-order chi connectivity index (χ0) is 17.6. The summed E-state index contributed by atoms with van der Waals surface area (Å²) in [6.45, 7) is 5.14. The van der Waals surface area contributed by atoms with E-state index in [-0.39, 0.29) is 11.7 Å². The van der Waals surface area contributed by atoms with Crippen molar-refractivity contribution in [2.45, 2.75) is 6.92 Å². The predicted octanol–water partition coefficient (Wildman–Crippen LogP) is 2.38. The second kappa shape index (κ2) is 7.81. The van der Waals surface area contributed by atoms with Crippen molar-refractivity contribution in [2.24, 2.45) is 5.10 Å². The molecule has 1 fully saturated rings. The molecule has 0 saturated carbocycles. The number of nitrogens with zero attached hydrogens (tertiary/aromatic N) is 2. The number of carbonyl (C=O) groups excluding carboxylic acids is 1. The summed E-state index contributed by atoms with van der Waals surface area (Å²) in [5.41, 5.74) is 5.68. The molecule has 0 atom stereocenters. The van der Waals surface area contributed by atoms with E-state index in [1.807, 2.05) is 19.1 Å². The van der Waals surface area contributed by atoms with Crippen LogP contribution in [-0.4, -0.2) is 43.0 Å². The summed E-state index contributed by atoms with van der Waals surface area (Å²) in [5.74, 6) is -0.313. The molecule has 1 amide bonds. The summed E-state index contributed by atoms with van der Waals surface area (Å²) in [7, 11) is 0. The second-order valence-corrected chi connectivity index (χ2v) is 5.83. The lowest BCUT2D eigenvalue weighted by Gasteiger charge is -2.28. The Morgan fingerprint density at radius 2 is 1.84 bits per heavy atom. The van der Waals surface area contributed by atoms with Crippen molar-refractivity contribution in [2.75, 3.05) is 31.2 Å². The minimum atomic E-state index is -0.361. The lowest BCUT2D eigenvalue weighted by atomic mass is 10.1. The monoisotopic (exact) mass is 339 g/mol. The molecule has 0 aromatic heterocycles. The third kappa shape index (κ3) is 4.36. The van der Waals surface area contributed by atoms with E-state index in [0.717, 1.165) is 37.6 Å². The molecule has 6 nitrogen and oxygen atoms in total. The van der Waals surface area contributed by atoms with Gasteiger partial charge in [0.2, 0.25) is 0 Å². The molecule has 3 rings (SSSR count). The van der Waals surface area contributed by atoms with E-state index in [9.17, 15) is 9.90 Å². The van der Waals surface area contributed by atoms with Crippen molar-refractivity contribution in [3.63, 3.8) is 0 Å². The van der Waals surface area contributed by atoms with E-state index < -0.39 is 0 Å². The first-order valence-corrected chi connectivity index (χ1v) is 8.20. The minimum Gasteiger partial charge on any atom is -0.508 e. The highest BCUT2D eigenvalue weighted by Gasteiger charge is 2.11. The lowest BCUT2D eigenvalue weighted by Crippen LogP contribution is -2.36. The molecule has 2 N–H and O–H groups in total. The molecule has 1 saturated heterocycles. The SMILES string of the molecule is C/C(=N/NC(=O)c1cccc(O)c1)c1ccc(N2CCOCC2)cc1. The summed E-state index contributed by atoms with van der Waals surface area (Å²) < 4.78 is 5.36. The van der Waals surface area contributed by atoms with Gasteiger partial charge in [-0.05, 0) is 42.8 Å². The number of hydrazone groups is 1. The molecule has 2 aromatic carbocycles. The third-order valence-electron chi connectivity index (χ3n) is 4.09. The molecule has 6 heteroatoms. The van der Waals surface area contributed by atoms with Crippen LogP contribution in [0.3, 0.4) is 0 Å². The molecule has 0 aliphatic carbocycles. The molecule has 0 spiro atoms. The summed E-state index contributed by atoms with van der Waals surface area (Å²) in [4.78, 5) is 14.3. The van der Waals surface area contributed by atoms with Crippen LogP contribution in [0, 0.1) is 0 Å². The molecular formula is C19H21N3O3. The molecule has 1 heterocycles. The van der Waals surface area contributed by atoms with Gasteiger partial charge in [-0.3, -0.25) is 4.79 Å². The first-order chi connectivity index (χ1) is 12.1. The van der Waals surface area contributed by atoms with Crippen LogP contribution >= 0.6 is 0 Å². The molecular weight excluding hydrogens is 318 g/mol. The second-order valence-electron chi connectivity index (χ2n) is 5.83. The maximum Gasteiger partial charge on any atom is 0.271 e. The highest BCUT2D eigenvalue weighted by Crippen LogP contribution is 2.17. The Hall–Kier alpha value is -2.86. The normalized spacial score (nSPS) is 15.1. The van der Waals surface area contributed by atoms with Crippen LogP contribution in [0.25, 0.3) is 0 Å². The molecule has 0 radical (unpaired) electrons. The predicted molar refractivity (Wildman–Crippen MR) is 97.3 cm³/mol. The molecule has 0 bridgehead atoms. The van der Waals surface area contributed by atoms with Crippen molar-refractivity contribution in [1.82, 2.24) is 5.43 Å². The highest BCUT2D eigenvalue weighted by molar-refractivity contribution is 6.01. The quantitative estimate of drug-likeness (QED) is 0.662. The van der Waals surface area contributed by atoms with E-state index in [1.54, 1.807) is 12.1 Å². The van der Waals surface area contributed by atoms with Crippen molar-refractivity contribution in [3.8, 4) is 5.75 Å². The number of benzene rings is 2. The number of hydrogen-bond donors (Lipinski definition) is 2. The van der Waals surface area contributed by atoms with Crippen LogP contribution in [0.4, 0.5) is 5.69 Å². The summed E-state index contributed by atoms with van der Waals surface area (Å²) in [6, 6.07) is 14.2. The Morgan fingerprint density at radius 1 is 1.12 bits per heavy atom. The number of aromatic hydroxyl groups is 1. The van der Waals surface area contributed by atoms with E-state index in [4.69, 9.17) is 4.74 Å². The number of ether oxygens (including phenoxy) is 1. The summed E-state index contributed by atoms with van der Waals surface area (Å²) >= 11 is 0. The summed E-state index contributed by atoms with van der Waals surface area (Å²) in [6.07, 6.45) is 0. The van der Waals surface area contributed by atoms with Gasteiger partial charge in [-0.25, -0.2) is 5.43 Å². The first-order valence-electron chi connectivity index (χ1n) is 8.20. The summed E-state index contributed by atoms with van der Waals surface area (Å²) in [5, 5.41) is 13.6. The Kier molecular flexibility index (Phi) is 5.30. The van der Waals surface area contributed by atoms with Gasteiger partial charge < -0.3 is 14.7 Å². The number of anilines is 1. The number of morpholine rings is 1. The maximum absolute atomic E-state index is 12.0. The first kappa shape index (κ1) is 17.0. The van der Waals surface area contributed by atoms with Crippen LogP contribution in [-0.2, 0) is 4.74 Å². The highest BCUT2D eigenvalue weighted by atomic mass is 16.5. The van der Waals surface area contributed by atoms with Gasteiger partial charge in [-0.1, -0.05) is 18.2 Å². The van der Waals surface area contributed by atoms with Gasteiger partial charge in [0, 0.05) is 24.3 Å². The van der Waals surface area contributed by atoms with Gasteiger partial charge in [0.05, 0.1) is 18.9 Å². The van der Waals surface area contributed by atoms with E-state index in [2.05, 4.69) is 27.6 Å². The number of amides is 1. The van der Waals surface area contributed by atoms with Crippen molar-refractivity contribution in [1.29, 1.82) is 0 Å². The Bertz CT molecular complexity index is 766. The van der Waals surface area contributed by atoms with Crippen molar-refractivity contribution >= 4 is 17.3 Å². The van der Waals surface area contributed by atoms with Gasteiger partial charge in [0.15, 0.2) is 0 Å². The number of carbonyl (C=O) groups is 1. The van der Waals surface area contributed by atoms with Crippen LogP contribution in [0.2, 0.25) is 0 Å². The van der Waals surface area contributed by atoms with Crippen molar-refractivity contribution in [3.05, 3.63) is 59.7 Å². The zero-order valence-corrected chi connectivity index (χ0v) is 14.1. The zero-order valence-electron chi connectivity index (χ0n) is 14.1. The van der Waals surface area contributed by atoms with E-state index >= 15 is 0 Å². The van der Waals surface area contributed by atoms with Crippen LogP contribution in [0.15, 0.2) is 53.6 Å². The average Bonchev–Trinajstić information content (AvgIpc) is 2.66. The maximum atomic E-state index is 12.0. The topological polar surface area (TPSA) is 74.2 Å². The van der Waals surface area contributed by atoms with Gasteiger partial charge in [-0.15, -0.1) is 0 Å². The van der Waals surface area contributed by atoms with Gasteiger partial charge >= 0.3 is 0 Å². The number of nitrogens with one attached hydrogen (secondary N) is 1. The Labute approximate surface area is 146 Å². The lowest BCUT2D eigenvalue weighted by molar-refractivity contribution is 0.0954. The van der Waals surface area contributed by atoms with Crippen LogP contribution in [0.1, 0.15) is 22.8 Å². The molecule has 25 heavy (non-hydrogen) atoms. The number of phenolic OH excluding ortho intramolecular Hbond substituents is 1. The molecule has 130 valence electrons. The Balaban J connectivity index is 1.64. The number of phenols is 1. The fourth-order valence-electron chi connectivity index (χ4n) is 2.65. The van der Waals surface area contributed by atoms with Crippen LogP contribution in [0.5, 0.6) is 5.75 Å². The largest absolute Gasteiger partial charge is 0.508 e. The van der Waals surface area contributed by atoms with E-state index in [0.29, 0.717) is 11.3 Å². The fourth-order valence-corrected chi connectivity index (χ4v) is 2.65. The molecule has 1 aliphatic rings. The number of rotatable bonds is 4. The van der Waals surface area contributed by atoms with Crippen molar-refractivity contribution < 1.29 is 14.6 Å². The number of hydrogen-bond acceptors (Lipinski definition) is 5. The third-order valence-corrected chi connectivity index (χ3v) is 4.09. The minimum absolute atomic E-state index is 0.0482. The van der Waals surface area contributed by atoms with Gasteiger partial charge in [0.1, 0.15) is 5.75 Å². The van der Waals surface area contributed by atoms with E-state index in [1.165, 1.54) is 12.1 Å². The molecule has 0 unspecified atom stereocenters. The smallest absolute Gasteiger partial charge is 0.271 e. The van der Waals surface area contributed by atoms with Gasteiger partial charge in [-0.2, -0.15) is 5.10 Å². The standard InChI is InChI=1S/C19H21N3O3/c1-14(20-21-19(24)16-3-2-4-18(23)13-16)15-5-7-17(8-6-15)22-9-11-25-12-10-22/h2-8,13,23H,9-12H2,1H3,(H,21,24)/b20-14-. The average molecular weight is 339 g/mol.